The highest BCUT2D eigenvalue weighted by molar-refractivity contribution is 5.32. The van der Waals surface area contributed by atoms with Gasteiger partial charge in [0.05, 0.1) is 0 Å². The van der Waals surface area contributed by atoms with Crippen molar-refractivity contribution in [3.05, 3.63) is 35.4 Å². The lowest BCUT2D eigenvalue weighted by atomic mass is 9.77. The zero-order valence-electron chi connectivity index (χ0n) is 14.9. The van der Waals surface area contributed by atoms with Crippen molar-refractivity contribution in [2.24, 2.45) is 5.41 Å². The Morgan fingerprint density at radius 1 is 0.783 bits per heavy atom. The number of benzene rings is 1. The molecule has 0 aliphatic carbocycles. The molecule has 4 heteroatoms. The second kappa shape index (κ2) is 6.45. The normalized spacial score (nSPS) is 14.2. The quantitative estimate of drug-likeness (QED) is 0.475. The molecule has 0 saturated heterocycles. The summed E-state index contributed by atoms with van der Waals surface area (Å²) >= 11 is 0. The summed E-state index contributed by atoms with van der Waals surface area (Å²) in [6.45, 7) is 9.97. The molecule has 0 fully saturated rings. The van der Waals surface area contributed by atoms with E-state index in [2.05, 4.69) is 6.92 Å². The lowest BCUT2D eigenvalue weighted by Crippen LogP contribution is -2.49. The second-order valence-electron chi connectivity index (χ2n) is 7.60. The summed E-state index contributed by atoms with van der Waals surface area (Å²) in [7, 11) is 0. The summed E-state index contributed by atoms with van der Waals surface area (Å²) in [5, 5.41) is 0. The van der Waals surface area contributed by atoms with E-state index >= 15 is 0 Å². The van der Waals surface area contributed by atoms with Gasteiger partial charge < -0.3 is 0 Å². The summed E-state index contributed by atoms with van der Waals surface area (Å²) in [5.41, 5.74) is -1.68. The third kappa shape index (κ3) is 3.56. The van der Waals surface area contributed by atoms with Crippen LogP contribution >= 0.6 is 0 Å². The highest BCUT2D eigenvalue weighted by atomic mass is 19.3. The highest BCUT2D eigenvalue weighted by Crippen LogP contribution is 2.53. The average Bonchev–Trinajstić information content (AvgIpc) is 2.46. The van der Waals surface area contributed by atoms with Crippen LogP contribution in [0.15, 0.2) is 24.3 Å². The average molecular weight is 332 g/mol. The summed E-state index contributed by atoms with van der Waals surface area (Å²) in [5.74, 6) is -8.31. The fourth-order valence-corrected chi connectivity index (χ4v) is 2.73. The molecule has 0 radical (unpaired) electrons. The van der Waals surface area contributed by atoms with E-state index in [1.54, 1.807) is 12.1 Å². The van der Waals surface area contributed by atoms with Gasteiger partial charge >= 0.3 is 11.8 Å². The first-order valence-corrected chi connectivity index (χ1v) is 8.20. The fraction of sp³-hybridized carbons (Fsp3) is 0.684. The number of hydrogen-bond donors (Lipinski definition) is 0. The predicted octanol–water partition coefficient (Wildman–Crippen LogP) is 6.93. The molecule has 0 atom stereocenters. The van der Waals surface area contributed by atoms with E-state index in [1.807, 2.05) is 13.8 Å². The first kappa shape index (κ1) is 20.0. The van der Waals surface area contributed by atoms with Crippen molar-refractivity contribution >= 4 is 0 Å². The van der Waals surface area contributed by atoms with Crippen molar-refractivity contribution in [1.82, 2.24) is 0 Å². The molecule has 0 heterocycles. The van der Waals surface area contributed by atoms with Gasteiger partial charge in [-0.25, -0.2) is 0 Å². The van der Waals surface area contributed by atoms with Gasteiger partial charge in [0.15, 0.2) is 0 Å². The SMILES string of the molecule is CCCC(C)(C)c1ccc(C(F)(F)C(F)(F)C(C)(C)CC)cc1. The van der Waals surface area contributed by atoms with Crippen molar-refractivity contribution in [3.63, 3.8) is 0 Å². The summed E-state index contributed by atoms with van der Waals surface area (Å²) < 4.78 is 57.6. The van der Waals surface area contributed by atoms with Gasteiger partial charge in [0, 0.05) is 11.0 Å². The van der Waals surface area contributed by atoms with Crippen molar-refractivity contribution < 1.29 is 17.6 Å². The fourth-order valence-electron chi connectivity index (χ4n) is 2.73. The summed E-state index contributed by atoms with van der Waals surface area (Å²) in [6.07, 6.45) is 1.84. The maximum atomic E-state index is 14.4. The Balaban J connectivity index is 3.21. The van der Waals surface area contributed by atoms with Crippen LogP contribution in [0.2, 0.25) is 0 Å². The van der Waals surface area contributed by atoms with Gasteiger partial charge in [0.2, 0.25) is 0 Å². The van der Waals surface area contributed by atoms with Gasteiger partial charge in [-0.15, -0.1) is 0 Å². The molecule has 1 aromatic carbocycles. The third-order valence-corrected chi connectivity index (χ3v) is 5.03. The molecule has 0 N–H and O–H groups in total. The van der Waals surface area contributed by atoms with Gasteiger partial charge in [0.1, 0.15) is 0 Å². The molecular weight excluding hydrogens is 304 g/mol. The van der Waals surface area contributed by atoms with Crippen LogP contribution in [0.1, 0.15) is 71.9 Å². The van der Waals surface area contributed by atoms with Gasteiger partial charge in [0.25, 0.3) is 0 Å². The molecule has 0 saturated carbocycles. The smallest absolute Gasteiger partial charge is 0.199 e. The number of rotatable bonds is 7. The van der Waals surface area contributed by atoms with Crippen LogP contribution in [0.25, 0.3) is 0 Å². The van der Waals surface area contributed by atoms with E-state index in [9.17, 15) is 17.6 Å². The monoisotopic (exact) mass is 332 g/mol. The molecule has 0 bridgehead atoms. The van der Waals surface area contributed by atoms with Crippen molar-refractivity contribution in [3.8, 4) is 0 Å². The number of alkyl halides is 4. The largest absolute Gasteiger partial charge is 0.335 e. The van der Waals surface area contributed by atoms with Gasteiger partial charge in [-0.05, 0) is 23.8 Å². The topological polar surface area (TPSA) is 0 Å². The van der Waals surface area contributed by atoms with Crippen LogP contribution in [-0.4, -0.2) is 5.92 Å². The van der Waals surface area contributed by atoms with E-state index in [0.29, 0.717) is 0 Å². The van der Waals surface area contributed by atoms with E-state index in [1.165, 1.54) is 20.8 Å². The molecule has 0 nitrogen and oxygen atoms in total. The van der Waals surface area contributed by atoms with Crippen LogP contribution in [0.5, 0.6) is 0 Å². The van der Waals surface area contributed by atoms with E-state index in [4.69, 9.17) is 0 Å². The minimum atomic E-state index is -4.19. The van der Waals surface area contributed by atoms with Crippen molar-refractivity contribution in [2.45, 2.75) is 78.1 Å². The van der Waals surface area contributed by atoms with Gasteiger partial charge in [-0.1, -0.05) is 72.2 Å². The standard InChI is InChI=1S/C19H28F4/c1-7-13-16(3,4)14-9-11-15(12-10-14)18(20,21)19(22,23)17(5,6)8-2/h9-12H,7-8,13H2,1-6H3. The molecule has 1 aromatic rings. The first-order valence-electron chi connectivity index (χ1n) is 8.20. The Morgan fingerprint density at radius 2 is 1.22 bits per heavy atom. The second-order valence-corrected chi connectivity index (χ2v) is 7.60. The van der Waals surface area contributed by atoms with Gasteiger partial charge in [-0.2, -0.15) is 17.6 Å². The van der Waals surface area contributed by atoms with Crippen LogP contribution in [0.3, 0.4) is 0 Å². The van der Waals surface area contributed by atoms with Crippen LogP contribution in [-0.2, 0) is 11.3 Å². The minimum absolute atomic E-state index is 0.0306. The first-order chi connectivity index (χ1) is 10.3. The maximum Gasteiger partial charge on any atom is 0.335 e. The molecule has 23 heavy (non-hydrogen) atoms. The molecule has 0 spiro atoms. The molecule has 0 unspecified atom stereocenters. The predicted molar refractivity (Wildman–Crippen MR) is 87.3 cm³/mol. The molecule has 0 aliphatic rings. The van der Waals surface area contributed by atoms with E-state index < -0.39 is 22.8 Å². The lowest BCUT2D eigenvalue weighted by Gasteiger charge is -2.38. The zero-order valence-corrected chi connectivity index (χ0v) is 14.9. The number of hydrogen-bond acceptors (Lipinski definition) is 0. The Kier molecular flexibility index (Phi) is 5.60. The zero-order chi connectivity index (χ0) is 18.1. The molecule has 0 aromatic heterocycles. The molecular formula is C19H28F4. The number of halogens is 4. The highest BCUT2D eigenvalue weighted by Gasteiger charge is 2.64. The van der Waals surface area contributed by atoms with Gasteiger partial charge in [-0.3, -0.25) is 0 Å². The van der Waals surface area contributed by atoms with Crippen LogP contribution < -0.4 is 0 Å². The lowest BCUT2D eigenvalue weighted by molar-refractivity contribution is -0.268. The summed E-state index contributed by atoms with van der Waals surface area (Å²) in [4.78, 5) is 0. The molecule has 1 rings (SSSR count). The third-order valence-electron chi connectivity index (χ3n) is 5.03. The molecule has 0 amide bonds. The Morgan fingerprint density at radius 3 is 1.61 bits per heavy atom. The van der Waals surface area contributed by atoms with Crippen LogP contribution in [0.4, 0.5) is 17.6 Å². The maximum absolute atomic E-state index is 14.4. The van der Waals surface area contributed by atoms with E-state index in [-0.39, 0.29) is 11.8 Å². The Labute approximate surface area is 137 Å². The van der Waals surface area contributed by atoms with Crippen LogP contribution in [0, 0.1) is 5.41 Å². The Bertz CT molecular complexity index is 513. The summed E-state index contributed by atoms with van der Waals surface area (Å²) in [6, 6.07) is 5.39. The van der Waals surface area contributed by atoms with Crippen molar-refractivity contribution in [1.29, 1.82) is 0 Å². The molecule has 0 aliphatic heterocycles. The Hall–Kier alpha value is -1.06. The van der Waals surface area contributed by atoms with Crippen molar-refractivity contribution in [2.75, 3.05) is 0 Å². The molecule has 132 valence electrons. The van der Waals surface area contributed by atoms with E-state index in [0.717, 1.165) is 30.5 Å². The minimum Gasteiger partial charge on any atom is -0.199 e.